The quantitative estimate of drug-likeness (QED) is 0.688. The summed E-state index contributed by atoms with van der Waals surface area (Å²) in [6.45, 7) is 4.22. The average Bonchev–Trinajstić information content (AvgIpc) is 2.77. The zero-order valence-electron chi connectivity index (χ0n) is 10.1. The van der Waals surface area contributed by atoms with E-state index in [1.165, 1.54) is 38.5 Å². The Hall–Kier alpha value is -0.0800. The molecule has 0 aromatic carbocycles. The molecule has 0 saturated heterocycles. The Balaban J connectivity index is 1.83. The molecule has 2 nitrogen and oxygen atoms in total. The number of aliphatic hydroxyl groups excluding tert-OH is 1. The summed E-state index contributed by atoms with van der Waals surface area (Å²) in [5.74, 6) is 2.64. The van der Waals surface area contributed by atoms with E-state index in [0.717, 1.165) is 17.8 Å². The summed E-state index contributed by atoms with van der Waals surface area (Å²) in [7, 11) is 0. The Morgan fingerprint density at radius 3 is 2.47 bits per heavy atom. The van der Waals surface area contributed by atoms with Crippen LogP contribution >= 0.6 is 0 Å². The van der Waals surface area contributed by atoms with Crippen molar-refractivity contribution in [1.29, 1.82) is 0 Å². The van der Waals surface area contributed by atoms with Gasteiger partial charge in [-0.25, -0.2) is 0 Å². The van der Waals surface area contributed by atoms with Gasteiger partial charge >= 0.3 is 0 Å². The van der Waals surface area contributed by atoms with Gasteiger partial charge in [-0.05, 0) is 37.5 Å². The summed E-state index contributed by atoms with van der Waals surface area (Å²) in [4.78, 5) is 0. The third-order valence-electron chi connectivity index (χ3n) is 4.24. The van der Waals surface area contributed by atoms with Gasteiger partial charge in [0.25, 0.3) is 0 Å². The van der Waals surface area contributed by atoms with Gasteiger partial charge in [0.05, 0.1) is 0 Å². The maximum Gasteiger partial charge on any atom is 0.102 e. The Kier molecular flexibility index (Phi) is 3.68. The Morgan fingerprint density at radius 1 is 1.07 bits per heavy atom. The van der Waals surface area contributed by atoms with E-state index in [0.29, 0.717) is 6.04 Å². The Morgan fingerprint density at radius 2 is 1.73 bits per heavy atom. The fourth-order valence-corrected chi connectivity index (χ4v) is 3.25. The fourth-order valence-electron chi connectivity index (χ4n) is 3.25. The first-order valence-electron chi connectivity index (χ1n) is 6.62. The van der Waals surface area contributed by atoms with Crippen LogP contribution < -0.4 is 5.32 Å². The third-order valence-corrected chi connectivity index (χ3v) is 4.24. The molecular weight excluding hydrogens is 186 g/mol. The number of hydrogen-bond acceptors (Lipinski definition) is 2. The molecule has 2 rings (SSSR count). The molecule has 2 heteroatoms. The Labute approximate surface area is 93.5 Å². The summed E-state index contributed by atoms with van der Waals surface area (Å²) < 4.78 is 0. The minimum Gasteiger partial charge on any atom is -0.379 e. The van der Waals surface area contributed by atoms with E-state index in [9.17, 15) is 5.11 Å². The van der Waals surface area contributed by atoms with Crippen LogP contribution in [0.4, 0.5) is 0 Å². The minimum atomic E-state index is -0.331. The zero-order chi connectivity index (χ0) is 10.8. The van der Waals surface area contributed by atoms with Gasteiger partial charge in [-0.15, -0.1) is 0 Å². The standard InChI is InChI=1S/C13H25NO/c1-9-5-3-4-6-11-12(8-7-9)13(11)14-10(2)15/h9-15H,3-8H2,1-2H3. The van der Waals surface area contributed by atoms with E-state index in [-0.39, 0.29) is 6.23 Å². The second-order valence-electron chi connectivity index (χ2n) is 5.66. The predicted molar refractivity (Wildman–Crippen MR) is 62.5 cm³/mol. The van der Waals surface area contributed by atoms with Gasteiger partial charge in [0, 0.05) is 6.04 Å². The van der Waals surface area contributed by atoms with Crippen molar-refractivity contribution < 1.29 is 5.11 Å². The summed E-state index contributed by atoms with van der Waals surface area (Å²) >= 11 is 0. The van der Waals surface area contributed by atoms with Gasteiger partial charge in [0.15, 0.2) is 0 Å². The van der Waals surface area contributed by atoms with Crippen molar-refractivity contribution in [3.63, 3.8) is 0 Å². The minimum absolute atomic E-state index is 0.331. The van der Waals surface area contributed by atoms with Crippen molar-refractivity contribution in [2.24, 2.45) is 17.8 Å². The normalized spacial score (nSPS) is 43.4. The lowest BCUT2D eigenvalue weighted by Gasteiger charge is -2.11. The topological polar surface area (TPSA) is 32.3 Å². The first-order chi connectivity index (χ1) is 7.18. The molecule has 0 aromatic heterocycles. The van der Waals surface area contributed by atoms with Gasteiger partial charge in [-0.3, -0.25) is 5.32 Å². The molecule has 15 heavy (non-hydrogen) atoms. The van der Waals surface area contributed by atoms with Crippen LogP contribution in [-0.2, 0) is 0 Å². The van der Waals surface area contributed by atoms with Crippen molar-refractivity contribution in [2.45, 2.75) is 64.6 Å². The van der Waals surface area contributed by atoms with E-state index < -0.39 is 0 Å². The second-order valence-corrected chi connectivity index (χ2v) is 5.66. The van der Waals surface area contributed by atoms with Crippen LogP contribution in [0.15, 0.2) is 0 Å². The monoisotopic (exact) mass is 211 g/mol. The maximum atomic E-state index is 9.35. The van der Waals surface area contributed by atoms with Crippen LogP contribution in [0.2, 0.25) is 0 Å². The zero-order valence-corrected chi connectivity index (χ0v) is 10.1. The average molecular weight is 211 g/mol. The summed E-state index contributed by atoms with van der Waals surface area (Å²) in [6.07, 6.45) is 8.03. The molecule has 2 N–H and O–H groups in total. The first-order valence-corrected chi connectivity index (χ1v) is 6.62. The lowest BCUT2D eigenvalue weighted by molar-refractivity contribution is 0.150. The van der Waals surface area contributed by atoms with Crippen LogP contribution in [0.5, 0.6) is 0 Å². The van der Waals surface area contributed by atoms with Crippen LogP contribution in [-0.4, -0.2) is 17.4 Å². The lowest BCUT2D eigenvalue weighted by atomic mass is 9.98. The van der Waals surface area contributed by atoms with Crippen molar-refractivity contribution in [1.82, 2.24) is 5.32 Å². The SMILES string of the molecule is CC1CCCCC2C(CC1)C2NC(C)O. The van der Waals surface area contributed by atoms with Crippen molar-refractivity contribution in [3.05, 3.63) is 0 Å². The molecule has 0 spiro atoms. The molecule has 2 fully saturated rings. The van der Waals surface area contributed by atoms with Crippen molar-refractivity contribution >= 4 is 0 Å². The number of fused-ring (bicyclic) bond motifs is 1. The highest BCUT2D eigenvalue weighted by atomic mass is 16.3. The molecule has 0 aliphatic heterocycles. The lowest BCUT2D eigenvalue weighted by Crippen LogP contribution is -2.29. The maximum absolute atomic E-state index is 9.35. The molecule has 5 atom stereocenters. The molecule has 0 radical (unpaired) electrons. The molecule has 2 saturated carbocycles. The first kappa shape index (κ1) is 11.4. The third kappa shape index (κ3) is 2.94. The van der Waals surface area contributed by atoms with Crippen LogP contribution in [0.3, 0.4) is 0 Å². The van der Waals surface area contributed by atoms with Gasteiger partial charge in [0.2, 0.25) is 0 Å². The van der Waals surface area contributed by atoms with Crippen molar-refractivity contribution in [2.75, 3.05) is 0 Å². The molecular formula is C13H25NO. The smallest absolute Gasteiger partial charge is 0.102 e. The molecule has 0 bridgehead atoms. The molecule has 2 aliphatic rings. The molecule has 2 aliphatic carbocycles. The molecule has 0 aromatic rings. The van der Waals surface area contributed by atoms with Crippen LogP contribution in [0, 0.1) is 17.8 Å². The van der Waals surface area contributed by atoms with Crippen LogP contribution in [0.25, 0.3) is 0 Å². The second kappa shape index (κ2) is 4.84. The molecule has 0 heterocycles. The Bertz CT molecular complexity index is 205. The van der Waals surface area contributed by atoms with E-state index in [1.807, 2.05) is 6.92 Å². The molecule has 0 amide bonds. The fraction of sp³-hybridized carbons (Fsp3) is 1.00. The highest BCUT2D eigenvalue weighted by Gasteiger charge is 2.49. The summed E-state index contributed by atoms with van der Waals surface area (Å²) in [6, 6.07) is 0.621. The highest BCUT2D eigenvalue weighted by molar-refractivity contribution is 5.03. The van der Waals surface area contributed by atoms with Gasteiger partial charge in [-0.1, -0.05) is 32.6 Å². The van der Waals surface area contributed by atoms with Gasteiger partial charge in [-0.2, -0.15) is 0 Å². The van der Waals surface area contributed by atoms with Crippen LogP contribution in [0.1, 0.15) is 52.4 Å². The van der Waals surface area contributed by atoms with E-state index in [1.54, 1.807) is 0 Å². The van der Waals surface area contributed by atoms with E-state index >= 15 is 0 Å². The number of aliphatic hydroxyl groups is 1. The van der Waals surface area contributed by atoms with Gasteiger partial charge in [0.1, 0.15) is 6.23 Å². The molecule has 5 unspecified atom stereocenters. The number of hydrogen-bond donors (Lipinski definition) is 2. The van der Waals surface area contributed by atoms with Gasteiger partial charge < -0.3 is 5.11 Å². The van der Waals surface area contributed by atoms with E-state index in [2.05, 4.69) is 12.2 Å². The molecule has 88 valence electrons. The number of rotatable bonds is 2. The number of nitrogens with one attached hydrogen (secondary N) is 1. The largest absolute Gasteiger partial charge is 0.379 e. The van der Waals surface area contributed by atoms with E-state index in [4.69, 9.17) is 0 Å². The van der Waals surface area contributed by atoms with Crippen molar-refractivity contribution in [3.8, 4) is 0 Å². The summed E-state index contributed by atoms with van der Waals surface area (Å²) in [5, 5.41) is 12.7. The summed E-state index contributed by atoms with van der Waals surface area (Å²) in [5.41, 5.74) is 0. The highest BCUT2D eigenvalue weighted by Crippen LogP contribution is 2.47. The predicted octanol–water partition coefficient (Wildman–Crippen LogP) is 2.52.